The van der Waals surface area contributed by atoms with Gasteiger partial charge < -0.3 is 14.7 Å². The van der Waals surface area contributed by atoms with Crippen LogP contribution in [0.1, 0.15) is 6.42 Å². The van der Waals surface area contributed by atoms with E-state index in [4.69, 9.17) is 4.74 Å². The maximum Gasteiger partial charge on any atom is 0.335 e. The minimum atomic E-state index is -1.00. The van der Waals surface area contributed by atoms with Crippen LogP contribution in [-0.2, 0) is 9.53 Å². The number of nitrogens with zero attached hydrogens (tertiary/aromatic N) is 2. The average Bonchev–Trinajstić information content (AvgIpc) is 2.70. The summed E-state index contributed by atoms with van der Waals surface area (Å²) in [5.74, 6) is -0.834. The molecule has 0 aromatic heterocycles. The van der Waals surface area contributed by atoms with Crippen molar-refractivity contribution >= 4 is 22.1 Å². The highest BCUT2D eigenvalue weighted by Gasteiger charge is 2.44. The second-order valence-corrected chi connectivity index (χ2v) is 6.32. The molecule has 3 aliphatic heterocycles. The van der Waals surface area contributed by atoms with Gasteiger partial charge in [-0.25, -0.2) is 4.79 Å². The molecule has 122 valence electrons. The Balaban J connectivity index is 1.80. The van der Waals surface area contributed by atoms with E-state index in [0.717, 1.165) is 5.57 Å². The third-order valence-corrected chi connectivity index (χ3v) is 4.82. The van der Waals surface area contributed by atoms with Gasteiger partial charge in [-0.2, -0.15) is 4.39 Å². The maximum absolute atomic E-state index is 14.4. The number of rotatable bonds is 1. The summed E-state index contributed by atoms with van der Waals surface area (Å²) in [7, 11) is 0. The van der Waals surface area contributed by atoms with Crippen molar-refractivity contribution in [1.82, 2.24) is 19.5 Å². The van der Waals surface area contributed by atoms with E-state index in [-0.39, 0.29) is 12.6 Å². The van der Waals surface area contributed by atoms with Crippen LogP contribution in [0.15, 0.2) is 47.5 Å². The van der Waals surface area contributed by atoms with E-state index in [1.54, 1.807) is 11.1 Å². The van der Waals surface area contributed by atoms with Gasteiger partial charge in [-0.15, -0.1) is 0 Å². The van der Waals surface area contributed by atoms with Gasteiger partial charge in [0.05, 0.1) is 16.1 Å². The lowest BCUT2D eigenvalue weighted by atomic mass is 9.91. The van der Waals surface area contributed by atoms with Gasteiger partial charge >= 0.3 is 5.97 Å². The van der Waals surface area contributed by atoms with Crippen LogP contribution in [-0.4, -0.2) is 44.9 Å². The Morgan fingerprint density at radius 2 is 2.26 bits per heavy atom. The lowest BCUT2D eigenvalue weighted by molar-refractivity contribution is -0.141. The third kappa shape index (κ3) is 2.27. The molecule has 3 unspecified atom stereocenters. The summed E-state index contributed by atoms with van der Waals surface area (Å²) in [6.07, 6.45) is 6.27. The number of carbonyl (C=O) groups is 1. The smallest absolute Gasteiger partial charge is 0.335 e. The van der Waals surface area contributed by atoms with Gasteiger partial charge in [0.25, 0.3) is 0 Å². The van der Waals surface area contributed by atoms with Crippen LogP contribution in [0.3, 0.4) is 0 Å². The largest absolute Gasteiger partial charge is 0.487 e. The van der Waals surface area contributed by atoms with Crippen molar-refractivity contribution in [2.24, 2.45) is 0 Å². The standard InChI is InChI=1S/C14H14BrFN4O3/c15-20-5-4-19-8(11(20)16)6-23-9-3-1-2-7-10(9)13(19)18-12(17-7)14(21)22/h1,3-5,7,12-13,17-18H,2,6H2,(H,21,22). The number of hydrogen-bond donors (Lipinski definition) is 3. The van der Waals surface area contributed by atoms with Gasteiger partial charge in [-0.05, 0) is 12.5 Å². The highest BCUT2D eigenvalue weighted by atomic mass is 79.9. The van der Waals surface area contributed by atoms with E-state index in [1.807, 2.05) is 12.2 Å². The van der Waals surface area contributed by atoms with Crippen molar-refractivity contribution in [2.45, 2.75) is 24.8 Å². The predicted molar refractivity (Wildman–Crippen MR) is 81.9 cm³/mol. The van der Waals surface area contributed by atoms with Gasteiger partial charge in [0.15, 0.2) is 6.17 Å². The van der Waals surface area contributed by atoms with Crippen LogP contribution in [0.2, 0.25) is 0 Å². The molecule has 0 aromatic carbocycles. The predicted octanol–water partition coefficient (Wildman–Crippen LogP) is 1.07. The Bertz CT molecular complexity index is 690. The Hall–Kier alpha value is -1.84. The maximum atomic E-state index is 14.4. The Kier molecular flexibility index (Phi) is 3.43. The summed E-state index contributed by atoms with van der Waals surface area (Å²) in [4.78, 5) is 13.1. The molecule has 1 fully saturated rings. The first-order valence-corrected chi connectivity index (χ1v) is 7.86. The number of ether oxygens (including phenoxy) is 1. The van der Waals surface area contributed by atoms with E-state index < -0.39 is 24.3 Å². The molecule has 4 rings (SSSR count). The number of halogens is 2. The summed E-state index contributed by atoms with van der Waals surface area (Å²) >= 11 is 3.10. The number of allylic oxidation sites excluding steroid dienone is 1. The number of nitrogens with one attached hydrogen (secondary N) is 2. The summed E-state index contributed by atoms with van der Waals surface area (Å²) < 4.78 is 21.4. The van der Waals surface area contributed by atoms with E-state index in [2.05, 4.69) is 26.8 Å². The molecule has 0 spiro atoms. The molecular weight excluding hydrogens is 371 g/mol. The van der Waals surface area contributed by atoms with Gasteiger partial charge in [-0.1, -0.05) is 6.08 Å². The fourth-order valence-corrected chi connectivity index (χ4v) is 3.54. The highest BCUT2D eigenvalue weighted by Crippen LogP contribution is 2.37. The molecule has 0 aromatic rings. The first kappa shape index (κ1) is 14.7. The van der Waals surface area contributed by atoms with Gasteiger partial charge in [0.2, 0.25) is 5.95 Å². The molecule has 7 nitrogen and oxygen atoms in total. The fourth-order valence-electron chi connectivity index (χ4n) is 3.23. The zero-order valence-corrected chi connectivity index (χ0v) is 13.5. The lowest BCUT2D eigenvalue weighted by Crippen LogP contribution is -2.66. The number of carboxylic acid groups (broad SMARTS) is 1. The van der Waals surface area contributed by atoms with Crippen molar-refractivity contribution in [3.63, 3.8) is 0 Å². The molecule has 3 heterocycles. The lowest BCUT2D eigenvalue weighted by Gasteiger charge is -2.43. The van der Waals surface area contributed by atoms with Crippen molar-refractivity contribution < 1.29 is 19.0 Å². The normalized spacial score (nSPS) is 32.3. The summed E-state index contributed by atoms with van der Waals surface area (Å²) in [5.41, 5.74) is 1.22. The van der Waals surface area contributed by atoms with E-state index in [0.29, 0.717) is 17.9 Å². The molecule has 3 atom stereocenters. The molecule has 3 N–H and O–H groups in total. The summed E-state index contributed by atoms with van der Waals surface area (Å²) in [6.45, 7) is 0.0596. The molecule has 0 bridgehead atoms. The monoisotopic (exact) mass is 384 g/mol. The molecule has 9 heteroatoms. The minimum Gasteiger partial charge on any atom is -0.487 e. The molecule has 4 aliphatic rings. The van der Waals surface area contributed by atoms with Gasteiger partial charge in [0, 0.05) is 24.0 Å². The molecule has 0 radical (unpaired) electrons. The molecular formula is C14H14BrFN4O3. The fraction of sp³-hybridized carbons (Fsp3) is 0.357. The van der Waals surface area contributed by atoms with Crippen molar-refractivity contribution in [3.05, 3.63) is 47.5 Å². The van der Waals surface area contributed by atoms with Crippen LogP contribution in [0.5, 0.6) is 0 Å². The zero-order chi connectivity index (χ0) is 16.1. The SMILES string of the molecule is O=C(O)C1NC2CC=CC3=C2C(N1)N1C=CN(Br)C(F)=C1CO3. The van der Waals surface area contributed by atoms with Crippen LogP contribution >= 0.6 is 16.1 Å². The number of aliphatic carboxylic acids is 1. The topological polar surface area (TPSA) is 77.1 Å². The Labute approximate surface area is 140 Å². The van der Waals surface area contributed by atoms with Crippen LogP contribution in [0.4, 0.5) is 4.39 Å². The molecule has 1 saturated heterocycles. The molecule has 1 aliphatic carbocycles. The molecule has 0 amide bonds. The Morgan fingerprint density at radius 3 is 3.04 bits per heavy atom. The number of carboxylic acids is 1. The first-order chi connectivity index (χ1) is 11.1. The van der Waals surface area contributed by atoms with Gasteiger partial charge in [0.1, 0.15) is 24.2 Å². The van der Waals surface area contributed by atoms with Crippen molar-refractivity contribution in [1.29, 1.82) is 0 Å². The third-order valence-electron chi connectivity index (χ3n) is 4.27. The van der Waals surface area contributed by atoms with Gasteiger partial charge in [-0.3, -0.25) is 14.6 Å². The van der Waals surface area contributed by atoms with E-state index in [9.17, 15) is 14.3 Å². The second kappa shape index (κ2) is 5.36. The minimum absolute atomic E-state index is 0.0596. The zero-order valence-electron chi connectivity index (χ0n) is 11.9. The van der Waals surface area contributed by atoms with Crippen LogP contribution < -0.4 is 10.6 Å². The quantitative estimate of drug-likeness (QED) is 0.461. The summed E-state index contributed by atoms with van der Waals surface area (Å²) in [6, 6.07) is -0.167. The molecule has 23 heavy (non-hydrogen) atoms. The Morgan fingerprint density at radius 1 is 1.43 bits per heavy atom. The van der Waals surface area contributed by atoms with E-state index >= 15 is 0 Å². The molecule has 0 saturated carbocycles. The summed E-state index contributed by atoms with van der Waals surface area (Å²) in [5, 5.41) is 15.4. The van der Waals surface area contributed by atoms with Crippen LogP contribution in [0.25, 0.3) is 0 Å². The number of fused-ring (bicyclic) bond motifs is 2. The van der Waals surface area contributed by atoms with Crippen molar-refractivity contribution in [3.8, 4) is 0 Å². The highest BCUT2D eigenvalue weighted by molar-refractivity contribution is 9.07. The van der Waals surface area contributed by atoms with E-state index in [1.165, 1.54) is 10.1 Å². The second-order valence-electron chi connectivity index (χ2n) is 5.56. The van der Waals surface area contributed by atoms with Crippen molar-refractivity contribution in [2.75, 3.05) is 6.61 Å². The number of hydrogen-bond acceptors (Lipinski definition) is 6. The average molecular weight is 385 g/mol. The van der Waals surface area contributed by atoms with Crippen LogP contribution in [0, 0.1) is 0 Å². The first-order valence-electron chi connectivity index (χ1n) is 7.15.